The number of ether oxygens (including phenoxy) is 3. The lowest BCUT2D eigenvalue weighted by Gasteiger charge is -2.18. The van der Waals surface area contributed by atoms with Gasteiger partial charge in [-0.3, -0.25) is 14.4 Å². The molecule has 1 unspecified atom stereocenters. The third kappa shape index (κ3) is 64.1. The normalized spacial score (nSPS) is 13.1. The van der Waals surface area contributed by atoms with E-state index in [0.29, 0.717) is 19.3 Å². The average Bonchev–Trinajstić information content (AvgIpc) is 3.46. The zero-order valence-corrected chi connectivity index (χ0v) is 51.8. The number of rotatable bonds is 58. The quantitative estimate of drug-likeness (QED) is 0.0261. The van der Waals surface area contributed by atoms with E-state index in [0.717, 1.165) is 154 Å². The Balaban J connectivity index is 4.47. The second kappa shape index (κ2) is 66.8. The highest BCUT2D eigenvalue weighted by Crippen LogP contribution is 2.15. The summed E-state index contributed by atoms with van der Waals surface area (Å²) >= 11 is 0. The lowest BCUT2D eigenvalue weighted by Crippen LogP contribution is -2.30. The van der Waals surface area contributed by atoms with Crippen LogP contribution in [0.5, 0.6) is 0 Å². The van der Waals surface area contributed by atoms with Crippen LogP contribution in [0.15, 0.2) is 146 Å². The highest BCUT2D eigenvalue weighted by molar-refractivity contribution is 5.71. The molecule has 0 saturated carbocycles. The number of allylic oxidation sites excluding steroid dienone is 24. The fourth-order valence-electron chi connectivity index (χ4n) is 8.74. The molecule has 0 saturated heterocycles. The maximum absolute atomic E-state index is 12.9. The Morgan fingerprint density at radius 2 is 0.487 bits per heavy atom. The minimum atomic E-state index is -0.805. The van der Waals surface area contributed by atoms with Crippen molar-refractivity contribution in [2.75, 3.05) is 13.2 Å². The molecule has 0 aliphatic heterocycles. The first-order valence-corrected chi connectivity index (χ1v) is 32.8. The van der Waals surface area contributed by atoms with Crippen LogP contribution in [-0.2, 0) is 28.6 Å². The third-order valence-electron chi connectivity index (χ3n) is 13.6. The summed E-state index contributed by atoms with van der Waals surface area (Å²) in [6.45, 7) is 6.39. The summed E-state index contributed by atoms with van der Waals surface area (Å²) in [7, 11) is 0. The minimum absolute atomic E-state index is 0.0962. The van der Waals surface area contributed by atoms with E-state index in [1.54, 1.807) is 0 Å². The molecule has 0 spiro atoms. The standard InChI is InChI=1S/C74H120O6/c1-4-7-10-13-16-19-22-25-28-30-32-34-36-37-39-40-42-44-46-49-52-55-58-61-64-67-73(76)79-70-71(69-78-72(75)66-63-60-57-54-51-48-27-24-21-18-15-12-9-6-3)80-74(77)68-65-62-59-56-53-50-47-45-43-41-38-35-33-31-29-26-23-20-17-14-11-8-5-2/h7-8,10-11,16-17,19-20,25-26,28-29,32-35,37,39,41-44,49,52,71H,4-6,9,12-15,18,21-24,27,30-31,36,38,40,45-48,50-51,53-70H2,1-3H3/b10-7-,11-8-,19-16-,20-17-,28-25-,29-26-,34-32-,35-33-,39-37-,43-41-,44-42-,52-49-. The number of hydrogen-bond donors (Lipinski definition) is 0. The van der Waals surface area contributed by atoms with E-state index < -0.39 is 6.10 Å². The van der Waals surface area contributed by atoms with E-state index in [4.69, 9.17) is 14.2 Å². The van der Waals surface area contributed by atoms with E-state index in [9.17, 15) is 14.4 Å². The first-order chi connectivity index (χ1) is 39.5. The fraction of sp³-hybridized carbons (Fsp3) is 0.635. The molecule has 0 fully saturated rings. The number of hydrogen-bond acceptors (Lipinski definition) is 6. The monoisotopic (exact) mass is 1100 g/mol. The van der Waals surface area contributed by atoms with Crippen LogP contribution in [-0.4, -0.2) is 37.2 Å². The summed E-state index contributed by atoms with van der Waals surface area (Å²) in [6.07, 6.45) is 95.6. The van der Waals surface area contributed by atoms with Gasteiger partial charge in [-0.15, -0.1) is 0 Å². The minimum Gasteiger partial charge on any atom is -0.462 e. The van der Waals surface area contributed by atoms with Crippen molar-refractivity contribution in [2.45, 2.75) is 290 Å². The lowest BCUT2D eigenvalue weighted by molar-refractivity contribution is -0.167. The van der Waals surface area contributed by atoms with Crippen LogP contribution in [0, 0.1) is 0 Å². The first-order valence-electron chi connectivity index (χ1n) is 32.8. The maximum Gasteiger partial charge on any atom is 0.306 e. The molecule has 6 nitrogen and oxygen atoms in total. The number of carbonyl (C=O) groups is 3. The van der Waals surface area contributed by atoms with E-state index in [1.807, 2.05) is 0 Å². The molecule has 1 atom stereocenters. The van der Waals surface area contributed by atoms with Gasteiger partial charge in [-0.1, -0.05) is 289 Å². The molecule has 0 aromatic rings. The average molecular weight is 1110 g/mol. The summed E-state index contributed by atoms with van der Waals surface area (Å²) in [5.74, 6) is -0.939. The Labute approximate surface area is 493 Å². The molecule has 0 aromatic heterocycles. The molecular weight excluding hydrogens is 985 g/mol. The van der Waals surface area contributed by atoms with Gasteiger partial charge in [-0.25, -0.2) is 0 Å². The van der Waals surface area contributed by atoms with Crippen molar-refractivity contribution < 1.29 is 28.6 Å². The van der Waals surface area contributed by atoms with Gasteiger partial charge in [0.25, 0.3) is 0 Å². The summed E-state index contributed by atoms with van der Waals surface area (Å²) in [5, 5.41) is 0. The molecule has 0 radical (unpaired) electrons. The van der Waals surface area contributed by atoms with Crippen LogP contribution in [0.25, 0.3) is 0 Å². The Morgan fingerprint density at radius 3 is 0.775 bits per heavy atom. The molecule has 0 rings (SSSR count). The van der Waals surface area contributed by atoms with Crippen molar-refractivity contribution in [1.29, 1.82) is 0 Å². The Hall–Kier alpha value is -4.71. The molecular formula is C74H120O6. The van der Waals surface area contributed by atoms with E-state index >= 15 is 0 Å². The van der Waals surface area contributed by atoms with Crippen molar-refractivity contribution in [3.63, 3.8) is 0 Å². The Kier molecular flexibility index (Phi) is 62.9. The zero-order valence-electron chi connectivity index (χ0n) is 51.8. The van der Waals surface area contributed by atoms with Crippen LogP contribution in [0.2, 0.25) is 0 Å². The fourth-order valence-corrected chi connectivity index (χ4v) is 8.74. The predicted molar refractivity (Wildman–Crippen MR) is 348 cm³/mol. The van der Waals surface area contributed by atoms with Crippen molar-refractivity contribution in [2.24, 2.45) is 0 Å². The van der Waals surface area contributed by atoms with Gasteiger partial charge in [0.2, 0.25) is 0 Å². The van der Waals surface area contributed by atoms with E-state index in [1.165, 1.54) is 89.9 Å². The third-order valence-corrected chi connectivity index (χ3v) is 13.6. The maximum atomic E-state index is 12.9. The van der Waals surface area contributed by atoms with Gasteiger partial charge in [-0.05, 0) is 122 Å². The number of carbonyl (C=O) groups excluding carboxylic acids is 3. The van der Waals surface area contributed by atoms with Gasteiger partial charge in [0.1, 0.15) is 13.2 Å². The van der Waals surface area contributed by atoms with Crippen molar-refractivity contribution in [3.8, 4) is 0 Å². The summed E-state index contributed by atoms with van der Waals surface area (Å²) < 4.78 is 16.9. The van der Waals surface area contributed by atoms with Crippen LogP contribution in [0.3, 0.4) is 0 Å². The highest BCUT2D eigenvalue weighted by Gasteiger charge is 2.19. The summed E-state index contributed by atoms with van der Waals surface area (Å²) in [6, 6.07) is 0. The second-order valence-electron chi connectivity index (χ2n) is 21.3. The summed E-state index contributed by atoms with van der Waals surface area (Å²) in [4.78, 5) is 38.4. The smallest absolute Gasteiger partial charge is 0.306 e. The molecule has 80 heavy (non-hydrogen) atoms. The van der Waals surface area contributed by atoms with Gasteiger partial charge >= 0.3 is 17.9 Å². The molecule has 0 aromatic carbocycles. The van der Waals surface area contributed by atoms with Gasteiger partial charge in [-0.2, -0.15) is 0 Å². The van der Waals surface area contributed by atoms with Crippen LogP contribution in [0.1, 0.15) is 284 Å². The molecule has 0 amide bonds. The molecule has 0 aliphatic carbocycles. The molecule has 6 heteroatoms. The number of esters is 3. The molecule has 0 N–H and O–H groups in total. The van der Waals surface area contributed by atoms with Crippen molar-refractivity contribution >= 4 is 17.9 Å². The van der Waals surface area contributed by atoms with E-state index in [2.05, 4.69) is 167 Å². The topological polar surface area (TPSA) is 78.9 Å². The van der Waals surface area contributed by atoms with Crippen LogP contribution in [0.4, 0.5) is 0 Å². The largest absolute Gasteiger partial charge is 0.462 e. The second-order valence-corrected chi connectivity index (χ2v) is 21.3. The zero-order chi connectivity index (χ0) is 57.8. The SMILES string of the molecule is CC/C=C\C/C=C\C/C=C\C/C=C\C/C=C\C/C=C\C/C=C\CCCCCC(=O)OCC(COC(=O)CCCCCCCCCCCCCCCC)OC(=O)CCCCCCCCC/C=C\C/C=C\C/C=C\C/C=C\C/C=C\CC. The first kappa shape index (κ1) is 75.3. The molecule has 0 aliphatic rings. The van der Waals surface area contributed by atoms with Crippen LogP contribution >= 0.6 is 0 Å². The van der Waals surface area contributed by atoms with Gasteiger partial charge in [0, 0.05) is 19.3 Å². The number of unbranched alkanes of at least 4 members (excludes halogenated alkanes) is 23. The highest BCUT2D eigenvalue weighted by atomic mass is 16.6. The molecule has 0 bridgehead atoms. The summed E-state index contributed by atoms with van der Waals surface area (Å²) in [5.41, 5.74) is 0. The van der Waals surface area contributed by atoms with Crippen molar-refractivity contribution in [1.82, 2.24) is 0 Å². The molecule has 452 valence electrons. The predicted octanol–water partition coefficient (Wildman–Crippen LogP) is 22.7. The lowest BCUT2D eigenvalue weighted by atomic mass is 10.0. The van der Waals surface area contributed by atoms with Crippen LogP contribution < -0.4 is 0 Å². The van der Waals surface area contributed by atoms with Crippen molar-refractivity contribution in [3.05, 3.63) is 146 Å². The van der Waals surface area contributed by atoms with E-state index in [-0.39, 0.29) is 31.1 Å². The Bertz CT molecular complexity index is 1750. The molecule has 0 heterocycles. The Morgan fingerprint density at radius 1 is 0.263 bits per heavy atom. The van der Waals surface area contributed by atoms with Gasteiger partial charge in [0.05, 0.1) is 0 Å². The van der Waals surface area contributed by atoms with Gasteiger partial charge < -0.3 is 14.2 Å². The van der Waals surface area contributed by atoms with Gasteiger partial charge in [0.15, 0.2) is 6.10 Å².